The molecule has 3 rings (SSSR count). The molecule has 158 valence electrons. The van der Waals surface area contributed by atoms with Crippen LogP contribution < -0.4 is 10.0 Å². The van der Waals surface area contributed by atoms with Crippen LogP contribution in [0.3, 0.4) is 0 Å². The molecule has 0 aliphatic rings. The van der Waals surface area contributed by atoms with Gasteiger partial charge < -0.3 is 5.32 Å². The molecule has 1 unspecified atom stereocenters. The summed E-state index contributed by atoms with van der Waals surface area (Å²) in [6.07, 6.45) is 2.64. The molecule has 0 saturated heterocycles. The Morgan fingerprint density at radius 1 is 0.933 bits per heavy atom. The molecule has 5 nitrogen and oxygen atoms in total. The molecule has 0 radical (unpaired) electrons. The van der Waals surface area contributed by atoms with Crippen molar-refractivity contribution in [1.29, 1.82) is 0 Å². The van der Waals surface area contributed by atoms with Gasteiger partial charge in [-0.2, -0.15) is 0 Å². The lowest BCUT2D eigenvalue weighted by Gasteiger charge is -2.16. The number of hydrogen-bond donors (Lipinski definition) is 2. The van der Waals surface area contributed by atoms with Crippen LogP contribution in [0.2, 0.25) is 0 Å². The summed E-state index contributed by atoms with van der Waals surface area (Å²) in [7, 11) is -3.43. The fraction of sp³-hybridized carbons (Fsp3) is 0.292. The maximum absolute atomic E-state index is 12.2. The van der Waals surface area contributed by atoms with Crippen molar-refractivity contribution in [3.63, 3.8) is 0 Å². The highest BCUT2D eigenvalue weighted by Gasteiger charge is 2.12. The Balaban J connectivity index is 1.45. The Kier molecular flexibility index (Phi) is 7.24. The third-order valence-electron chi connectivity index (χ3n) is 5.07. The number of carbonyl (C=O) groups excluding carboxylic acids is 1. The number of unbranched alkanes of at least 4 members (excludes halogenated alkanes) is 1. The smallest absolute Gasteiger partial charge is 0.240 e. The molecule has 0 saturated carbocycles. The fourth-order valence-corrected chi connectivity index (χ4v) is 4.47. The normalized spacial score (nSPS) is 12.6. The van der Waals surface area contributed by atoms with Gasteiger partial charge in [-0.15, -0.1) is 0 Å². The summed E-state index contributed by atoms with van der Waals surface area (Å²) in [6.45, 7) is 4.13. The summed E-state index contributed by atoms with van der Waals surface area (Å²) in [5.41, 5.74) is 1.76. The fourth-order valence-electron chi connectivity index (χ4n) is 3.38. The molecule has 0 aliphatic carbocycles. The molecule has 0 aliphatic heterocycles. The van der Waals surface area contributed by atoms with E-state index in [4.69, 9.17) is 0 Å². The standard InChI is InChI=1S/C24H28N2O3S/c1-18(8-6-7-15-25-30(28,29)24-9-4-3-5-10-24)26-23-14-13-21-16-20(19(2)27)11-12-22(21)17-23/h3-5,9-14,16-18,25-26H,6-8,15H2,1-2H3. The van der Waals surface area contributed by atoms with Gasteiger partial charge in [0.25, 0.3) is 0 Å². The van der Waals surface area contributed by atoms with Crippen LogP contribution in [0.1, 0.15) is 43.5 Å². The number of fused-ring (bicyclic) bond motifs is 1. The summed E-state index contributed by atoms with van der Waals surface area (Å²) in [6, 6.07) is 20.6. The van der Waals surface area contributed by atoms with Gasteiger partial charge in [0.2, 0.25) is 10.0 Å². The largest absolute Gasteiger partial charge is 0.383 e. The summed E-state index contributed by atoms with van der Waals surface area (Å²) < 4.78 is 27.0. The Morgan fingerprint density at radius 3 is 2.37 bits per heavy atom. The zero-order valence-corrected chi connectivity index (χ0v) is 18.2. The van der Waals surface area contributed by atoms with Gasteiger partial charge in [-0.1, -0.05) is 42.8 Å². The lowest BCUT2D eigenvalue weighted by molar-refractivity contribution is 0.101. The van der Waals surface area contributed by atoms with Gasteiger partial charge in [0.05, 0.1) is 4.90 Å². The van der Waals surface area contributed by atoms with Gasteiger partial charge in [0.15, 0.2) is 5.78 Å². The summed E-state index contributed by atoms with van der Waals surface area (Å²) in [5, 5.41) is 5.64. The van der Waals surface area contributed by atoms with E-state index in [0.717, 1.165) is 41.3 Å². The summed E-state index contributed by atoms with van der Waals surface area (Å²) in [5.74, 6) is 0.0683. The Hall–Kier alpha value is -2.70. The van der Waals surface area contributed by atoms with Crippen molar-refractivity contribution in [3.05, 3.63) is 72.3 Å². The maximum Gasteiger partial charge on any atom is 0.240 e. The first-order chi connectivity index (χ1) is 14.3. The highest BCUT2D eigenvalue weighted by molar-refractivity contribution is 7.89. The molecule has 0 fully saturated rings. The zero-order chi connectivity index (χ0) is 21.6. The second-order valence-corrected chi connectivity index (χ2v) is 9.35. The molecule has 0 amide bonds. The average molecular weight is 425 g/mol. The van der Waals surface area contributed by atoms with Crippen molar-refractivity contribution in [2.75, 3.05) is 11.9 Å². The van der Waals surface area contributed by atoms with E-state index in [2.05, 4.69) is 23.0 Å². The monoisotopic (exact) mass is 424 g/mol. The summed E-state index contributed by atoms with van der Waals surface area (Å²) >= 11 is 0. The Labute approximate surface area is 178 Å². The summed E-state index contributed by atoms with van der Waals surface area (Å²) in [4.78, 5) is 11.8. The predicted molar refractivity (Wildman–Crippen MR) is 123 cm³/mol. The van der Waals surface area contributed by atoms with E-state index in [1.807, 2.05) is 30.3 Å². The third kappa shape index (κ3) is 5.90. The van der Waals surface area contributed by atoms with Crippen molar-refractivity contribution >= 4 is 32.3 Å². The molecule has 6 heteroatoms. The molecule has 1 atom stereocenters. The van der Waals surface area contributed by atoms with Gasteiger partial charge in [-0.25, -0.2) is 13.1 Å². The van der Waals surface area contributed by atoms with Crippen LogP contribution in [0.5, 0.6) is 0 Å². The molecule has 3 aromatic carbocycles. The van der Waals surface area contributed by atoms with Crippen LogP contribution in [0.15, 0.2) is 71.6 Å². The Morgan fingerprint density at radius 2 is 1.63 bits per heavy atom. The van der Waals surface area contributed by atoms with Gasteiger partial charge in [-0.3, -0.25) is 4.79 Å². The van der Waals surface area contributed by atoms with Crippen LogP contribution in [-0.2, 0) is 10.0 Å². The van der Waals surface area contributed by atoms with E-state index in [9.17, 15) is 13.2 Å². The highest BCUT2D eigenvalue weighted by Crippen LogP contribution is 2.22. The topological polar surface area (TPSA) is 75.3 Å². The van der Waals surface area contributed by atoms with Crippen molar-refractivity contribution < 1.29 is 13.2 Å². The number of anilines is 1. The van der Waals surface area contributed by atoms with Gasteiger partial charge in [0, 0.05) is 23.8 Å². The van der Waals surface area contributed by atoms with Crippen molar-refractivity contribution in [1.82, 2.24) is 4.72 Å². The van der Waals surface area contributed by atoms with E-state index < -0.39 is 10.0 Å². The predicted octanol–water partition coefficient (Wildman–Crippen LogP) is 4.99. The van der Waals surface area contributed by atoms with Gasteiger partial charge >= 0.3 is 0 Å². The van der Waals surface area contributed by atoms with Crippen LogP contribution in [0.4, 0.5) is 5.69 Å². The highest BCUT2D eigenvalue weighted by atomic mass is 32.2. The number of sulfonamides is 1. The number of benzene rings is 3. The van der Waals surface area contributed by atoms with E-state index in [1.165, 1.54) is 0 Å². The van der Waals surface area contributed by atoms with Crippen LogP contribution in [0.25, 0.3) is 10.8 Å². The van der Waals surface area contributed by atoms with Crippen molar-refractivity contribution in [2.24, 2.45) is 0 Å². The van der Waals surface area contributed by atoms with Crippen LogP contribution in [-0.4, -0.2) is 26.8 Å². The number of hydrogen-bond acceptors (Lipinski definition) is 4. The second-order valence-electron chi connectivity index (χ2n) is 7.58. The minimum Gasteiger partial charge on any atom is -0.383 e. The number of Topliss-reactive ketones (excluding diaryl/α,β-unsaturated/α-hetero) is 1. The molecule has 0 bridgehead atoms. The molecule has 0 aromatic heterocycles. The first-order valence-electron chi connectivity index (χ1n) is 10.2. The van der Waals surface area contributed by atoms with Crippen LogP contribution >= 0.6 is 0 Å². The number of rotatable bonds is 10. The van der Waals surface area contributed by atoms with E-state index in [0.29, 0.717) is 11.4 Å². The lowest BCUT2D eigenvalue weighted by Crippen LogP contribution is -2.25. The number of nitrogens with one attached hydrogen (secondary N) is 2. The first kappa shape index (κ1) is 22.0. The van der Waals surface area contributed by atoms with E-state index in [-0.39, 0.29) is 11.8 Å². The van der Waals surface area contributed by atoms with E-state index >= 15 is 0 Å². The minimum atomic E-state index is -3.43. The zero-order valence-electron chi connectivity index (χ0n) is 17.4. The molecule has 0 spiro atoms. The van der Waals surface area contributed by atoms with Crippen LogP contribution in [0, 0.1) is 0 Å². The quantitative estimate of drug-likeness (QED) is 0.355. The molecule has 0 heterocycles. The maximum atomic E-state index is 12.2. The van der Waals surface area contributed by atoms with Crippen molar-refractivity contribution in [3.8, 4) is 0 Å². The second kappa shape index (κ2) is 9.87. The number of ketones is 1. The number of carbonyl (C=O) groups is 1. The minimum absolute atomic E-state index is 0.0683. The lowest BCUT2D eigenvalue weighted by atomic mass is 10.0. The molecule has 30 heavy (non-hydrogen) atoms. The average Bonchev–Trinajstić information content (AvgIpc) is 2.73. The van der Waals surface area contributed by atoms with Gasteiger partial charge in [0.1, 0.15) is 0 Å². The van der Waals surface area contributed by atoms with E-state index in [1.54, 1.807) is 37.3 Å². The molecular formula is C24H28N2O3S. The SMILES string of the molecule is CC(=O)c1ccc2cc(NC(C)CCCCNS(=O)(=O)c3ccccc3)ccc2c1. The molecular weight excluding hydrogens is 396 g/mol. The Bertz CT molecular complexity index is 1110. The van der Waals surface area contributed by atoms with Gasteiger partial charge in [-0.05, 0) is 67.8 Å². The third-order valence-corrected chi connectivity index (χ3v) is 6.55. The molecule has 3 aromatic rings. The van der Waals surface area contributed by atoms with Crippen molar-refractivity contribution in [2.45, 2.75) is 44.0 Å². The molecule has 2 N–H and O–H groups in total. The first-order valence-corrected chi connectivity index (χ1v) is 11.7.